The average Bonchev–Trinajstić information content (AvgIpc) is 2.43. The minimum absolute atomic E-state index is 0.122. The summed E-state index contributed by atoms with van der Waals surface area (Å²) < 4.78 is 5.40. The molecular formula is C17H24O2. The summed E-state index contributed by atoms with van der Waals surface area (Å²) in [7, 11) is 1.68. The van der Waals surface area contributed by atoms with Crippen LogP contribution in [0.2, 0.25) is 0 Å². The van der Waals surface area contributed by atoms with Gasteiger partial charge in [0.25, 0.3) is 0 Å². The van der Waals surface area contributed by atoms with Gasteiger partial charge in [0, 0.05) is 16.5 Å². The van der Waals surface area contributed by atoms with Crippen LogP contribution in [0.15, 0.2) is 18.2 Å². The third kappa shape index (κ3) is 2.41. The molecule has 2 rings (SSSR count). The highest BCUT2D eigenvalue weighted by Gasteiger charge is 2.41. The monoisotopic (exact) mass is 260 g/mol. The number of carbonyl (C=O) groups excluding carboxylic acids is 1. The highest BCUT2D eigenvalue weighted by Crippen LogP contribution is 2.44. The molecule has 0 heterocycles. The van der Waals surface area contributed by atoms with Crippen molar-refractivity contribution in [1.29, 1.82) is 0 Å². The van der Waals surface area contributed by atoms with E-state index in [2.05, 4.69) is 13.8 Å². The van der Waals surface area contributed by atoms with Gasteiger partial charge in [-0.15, -0.1) is 0 Å². The maximum Gasteiger partial charge on any atom is 0.169 e. The fourth-order valence-corrected chi connectivity index (χ4v) is 3.55. The molecule has 1 aromatic carbocycles. The van der Waals surface area contributed by atoms with Gasteiger partial charge in [-0.25, -0.2) is 0 Å². The number of benzene rings is 1. The Morgan fingerprint density at radius 1 is 1.21 bits per heavy atom. The van der Waals surface area contributed by atoms with E-state index >= 15 is 0 Å². The Morgan fingerprint density at radius 3 is 2.47 bits per heavy atom. The van der Waals surface area contributed by atoms with Crippen molar-refractivity contribution in [3.05, 3.63) is 29.3 Å². The van der Waals surface area contributed by atoms with Crippen LogP contribution in [0, 0.1) is 5.41 Å². The van der Waals surface area contributed by atoms with Crippen molar-refractivity contribution in [3.63, 3.8) is 0 Å². The zero-order chi connectivity index (χ0) is 13.9. The van der Waals surface area contributed by atoms with Crippen molar-refractivity contribution < 1.29 is 9.53 Å². The van der Waals surface area contributed by atoms with E-state index in [4.69, 9.17) is 4.74 Å². The molecule has 2 heteroatoms. The maximum atomic E-state index is 12.9. The van der Waals surface area contributed by atoms with Crippen LogP contribution in [0.3, 0.4) is 0 Å². The molecule has 104 valence electrons. The van der Waals surface area contributed by atoms with Crippen LogP contribution in [0.1, 0.15) is 61.9 Å². The lowest BCUT2D eigenvalue weighted by Crippen LogP contribution is -2.36. The molecule has 0 N–H and O–H groups in total. The largest absolute Gasteiger partial charge is 0.496 e. The van der Waals surface area contributed by atoms with Crippen LogP contribution in [0.25, 0.3) is 0 Å². The molecular weight excluding hydrogens is 236 g/mol. The summed E-state index contributed by atoms with van der Waals surface area (Å²) in [5.41, 5.74) is 1.88. The van der Waals surface area contributed by atoms with Crippen LogP contribution < -0.4 is 4.74 Å². The minimum atomic E-state index is -0.122. The minimum Gasteiger partial charge on any atom is -0.496 e. The molecule has 0 radical (unpaired) electrons. The zero-order valence-electron chi connectivity index (χ0n) is 12.3. The highest BCUT2D eigenvalue weighted by molar-refractivity contribution is 6.03. The third-order valence-corrected chi connectivity index (χ3v) is 4.39. The van der Waals surface area contributed by atoms with Crippen molar-refractivity contribution >= 4 is 5.78 Å². The summed E-state index contributed by atoms with van der Waals surface area (Å²) >= 11 is 0. The van der Waals surface area contributed by atoms with E-state index in [0.29, 0.717) is 5.78 Å². The predicted octanol–water partition coefficient (Wildman–Crippen LogP) is 4.41. The molecule has 1 aliphatic rings. The van der Waals surface area contributed by atoms with Crippen LogP contribution in [-0.2, 0) is 6.42 Å². The molecule has 0 amide bonds. The first-order valence-electron chi connectivity index (χ1n) is 7.39. The number of ether oxygens (including phenoxy) is 1. The van der Waals surface area contributed by atoms with E-state index in [1.807, 2.05) is 18.2 Å². The Balaban J connectivity index is 2.43. The second-order valence-electron chi connectivity index (χ2n) is 5.60. The molecule has 0 aliphatic heterocycles. The first kappa shape index (κ1) is 14.1. The van der Waals surface area contributed by atoms with Gasteiger partial charge < -0.3 is 4.74 Å². The fraction of sp³-hybridized carbons (Fsp3) is 0.588. The zero-order valence-corrected chi connectivity index (χ0v) is 12.3. The van der Waals surface area contributed by atoms with Crippen LogP contribution in [-0.4, -0.2) is 12.9 Å². The van der Waals surface area contributed by atoms with E-state index in [0.717, 1.165) is 55.4 Å². The molecule has 0 atom stereocenters. The van der Waals surface area contributed by atoms with E-state index in [1.165, 1.54) is 0 Å². The number of rotatable bonds is 5. The van der Waals surface area contributed by atoms with E-state index < -0.39 is 0 Å². The molecule has 1 aromatic rings. The number of ketones is 1. The summed E-state index contributed by atoms with van der Waals surface area (Å²) in [6.07, 6.45) is 6.11. The van der Waals surface area contributed by atoms with Crippen molar-refractivity contribution in [2.24, 2.45) is 5.41 Å². The predicted molar refractivity (Wildman–Crippen MR) is 77.9 cm³/mol. The number of methoxy groups -OCH3 is 1. The van der Waals surface area contributed by atoms with Gasteiger partial charge >= 0.3 is 0 Å². The number of carbonyl (C=O) groups is 1. The van der Waals surface area contributed by atoms with Crippen LogP contribution in [0.5, 0.6) is 5.75 Å². The molecule has 0 aromatic heterocycles. The third-order valence-electron chi connectivity index (χ3n) is 4.39. The fourth-order valence-electron chi connectivity index (χ4n) is 3.55. The second-order valence-corrected chi connectivity index (χ2v) is 5.60. The average molecular weight is 260 g/mol. The van der Waals surface area contributed by atoms with Gasteiger partial charge in [-0.1, -0.05) is 38.8 Å². The lowest BCUT2D eigenvalue weighted by atomic mass is 9.65. The Hall–Kier alpha value is -1.31. The first-order chi connectivity index (χ1) is 9.18. The van der Waals surface area contributed by atoms with Gasteiger partial charge in [0.1, 0.15) is 5.75 Å². The lowest BCUT2D eigenvalue weighted by molar-refractivity contribution is 0.0712. The number of Topliss-reactive ketones (excluding diaryl/α,β-unsaturated/α-hetero) is 1. The topological polar surface area (TPSA) is 26.3 Å². The van der Waals surface area contributed by atoms with E-state index in [1.54, 1.807) is 7.11 Å². The van der Waals surface area contributed by atoms with Crippen molar-refractivity contribution in [2.45, 2.75) is 52.4 Å². The maximum absolute atomic E-state index is 12.9. The second kappa shape index (κ2) is 5.77. The SMILES string of the molecule is CCCC1(CCC)CCc2c(OC)cccc2C1=O. The molecule has 0 fully saturated rings. The molecule has 1 aliphatic carbocycles. The summed E-state index contributed by atoms with van der Waals surface area (Å²) in [6, 6.07) is 5.86. The molecule has 0 saturated carbocycles. The highest BCUT2D eigenvalue weighted by atomic mass is 16.5. The standard InChI is InChI=1S/C17H24O2/c1-4-10-17(11-5-2)12-9-13-14(16(17)18)7-6-8-15(13)19-3/h6-8H,4-5,9-12H2,1-3H3. The number of hydrogen-bond donors (Lipinski definition) is 0. The van der Waals surface area contributed by atoms with Crippen molar-refractivity contribution in [3.8, 4) is 5.75 Å². The Labute approximate surface area is 116 Å². The van der Waals surface area contributed by atoms with E-state index in [-0.39, 0.29) is 5.41 Å². The first-order valence-corrected chi connectivity index (χ1v) is 7.39. The number of hydrogen-bond acceptors (Lipinski definition) is 2. The molecule has 0 bridgehead atoms. The molecule has 2 nitrogen and oxygen atoms in total. The van der Waals surface area contributed by atoms with Gasteiger partial charge in [-0.05, 0) is 31.7 Å². The molecule has 0 unspecified atom stereocenters. The van der Waals surface area contributed by atoms with Crippen LogP contribution in [0.4, 0.5) is 0 Å². The smallest absolute Gasteiger partial charge is 0.169 e. The normalized spacial score (nSPS) is 17.1. The molecule has 0 spiro atoms. The van der Waals surface area contributed by atoms with E-state index in [9.17, 15) is 4.79 Å². The molecule has 19 heavy (non-hydrogen) atoms. The number of fused-ring (bicyclic) bond motifs is 1. The molecule has 0 saturated heterocycles. The summed E-state index contributed by atoms with van der Waals surface area (Å²) in [6.45, 7) is 4.34. The Bertz CT molecular complexity index is 456. The quantitative estimate of drug-likeness (QED) is 0.783. The van der Waals surface area contributed by atoms with Crippen LogP contribution >= 0.6 is 0 Å². The van der Waals surface area contributed by atoms with Gasteiger partial charge in [0.05, 0.1) is 7.11 Å². The Morgan fingerprint density at radius 2 is 1.89 bits per heavy atom. The Kier molecular flexibility index (Phi) is 4.28. The summed E-state index contributed by atoms with van der Waals surface area (Å²) in [5, 5.41) is 0. The summed E-state index contributed by atoms with van der Waals surface area (Å²) in [4.78, 5) is 12.9. The van der Waals surface area contributed by atoms with Gasteiger partial charge in [-0.3, -0.25) is 4.79 Å². The van der Waals surface area contributed by atoms with Gasteiger partial charge in [0.15, 0.2) is 5.78 Å². The van der Waals surface area contributed by atoms with Crippen molar-refractivity contribution in [2.75, 3.05) is 7.11 Å². The van der Waals surface area contributed by atoms with Crippen molar-refractivity contribution in [1.82, 2.24) is 0 Å². The summed E-state index contributed by atoms with van der Waals surface area (Å²) in [5.74, 6) is 1.21. The lowest BCUT2D eigenvalue weighted by Gasteiger charge is -2.37. The van der Waals surface area contributed by atoms with Gasteiger partial charge in [-0.2, -0.15) is 0 Å². The van der Waals surface area contributed by atoms with Gasteiger partial charge in [0.2, 0.25) is 0 Å².